The lowest BCUT2D eigenvalue weighted by atomic mass is 10.4. The average molecular weight is 362 g/mol. The molecule has 0 fully saturated rings. The van der Waals surface area contributed by atoms with E-state index < -0.39 is 10.0 Å². The van der Waals surface area contributed by atoms with Crippen LogP contribution < -0.4 is 10.5 Å². The van der Waals surface area contributed by atoms with Crippen LogP contribution in [0.4, 0.5) is 5.82 Å². The maximum Gasteiger partial charge on any atom is 0.244 e. The normalized spacial score (nSPS) is 11.7. The first-order chi connectivity index (χ1) is 9.38. The highest BCUT2D eigenvalue weighted by molar-refractivity contribution is 9.10. The molecular formula is C10H12BrN5O3S. The smallest absolute Gasteiger partial charge is 0.244 e. The average Bonchev–Trinajstić information content (AvgIpc) is 2.78. The van der Waals surface area contributed by atoms with Gasteiger partial charge in [-0.3, -0.25) is 0 Å². The lowest BCUT2D eigenvalue weighted by Crippen LogP contribution is -2.27. The fourth-order valence-corrected chi connectivity index (χ4v) is 3.08. The Kier molecular flexibility index (Phi) is 4.35. The van der Waals surface area contributed by atoms with Crippen LogP contribution in [0.2, 0.25) is 0 Å². The Balaban J connectivity index is 2.06. The molecule has 3 N–H and O–H groups in total. The van der Waals surface area contributed by atoms with E-state index in [4.69, 9.17) is 10.3 Å². The van der Waals surface area contributed by atoms with Crippen LogP contribution in [0, 0.1) is 6.92 Å². The molecule has 2 rings (SSSR count). The van der Waals surface area contributed by atoms with Crippen LogP contribution in [0.1, 0.15) is 11.7 Å². The zero-order valence-corrected chi connectivity index (χ0v) is 12.9. The molecule has 0 bridgehead atoms. The molecular weight excluding hydrogens is 350 g/mol. The second-order valence-corrected chi connectivity index (χ2v) is 6.57. The third-order valence-corrected chi connectivity index (χ3v) is 4.26. The van der Waals surface area contributed by atoms with E-state index in [0.717, 1.165) is 0 Å². The number of nitrogens with one attached hydrogen (secondary N) is 1. The Morgan fingerprint density at radius 3 is 2.90 bits per heavy atom. The molecule has 2 aromatic rings. The number of hydrogen-bond acceptors (Lipinski definition) is 7. The summed E-state index contributed by atoms with van der Waals surface area (Å²) in [5.74, 6) is 0.808. The minimum Gasteiger partial charge on any atom is -0.383 e. The van der Waals surface area contributed by atoms with Crippen molar-refractivity contribution in [2.24, 2.45) is 0 Å². The number of nitrogen functional groups attached to an aromatic ring is 1. The minimum absolute atomic E-state index is 0.0608. The monoisotopic (exact) mass is 361 g/mol. The third kappa shape index (κ3) is 3.52. The largest absolute Gasteiger partial charge is 0.383 e. The van der Waals surface area contributed by atoms with Crippen LogP contribution in [0.3, 0.4) is 0 Å². The summed E-state index contributed by atoms with van der Waals surface area (Å²) in [5.41, 5.74) is 5.57. The van der Waals surface area contributed by atoms with E-state index in [2.05, 4.69) is 35.8 Å². The second kappa shape index (κ2) is 5.85. The highest BCUT2D eigenvalue weighted by Gasteiger charge is 2.18. The van der Waals surface area contributed by atoms with Crippen molar-refractivity contribution in [1.29, 1.82) is 0 Å². The molecule has 2 heterocycles. The van der Waals surface area contributed by atoms with Crippen molar-refractivity contribution in [2.45, 2.75) is 18.2 Å². The lowest BCUT2D eigenvalue weighted by Gasteiger charge is -2.07. The summed E-state index contributed by atoms with van der Waals surface area (Å²) in [6.45, 7) is 1.81. The quantitative estimate of drug-likeness (QED) is 0.800. The minimum atomic E-state index is -3.73. The van der Waals surface area contributed by atoms with Crippen molar-refractivity contribution in [2.75, 3.05) is 12.3 Å². The van der Waals surface area contributed by atoms with Crippen LogP contribution in [0.5, 0.6) is 0 Å². The number of anilines is 1. The molecule has 0 aliphatic rings. The Morgan fingerprint density at radius 2 is 2.25 bits per heavy atom. The number of sulfonamides is 1. The van der Waals surface area contributed by atoms with Crippen LogP contribution >= 0.6 is 15.9 Å². The zero-order chi connectivity index (χ0) is 14.8. The van der Waals surface area contributed by atoms with Gasteiger partial charge in [0.05, 0.1) is 0 Å². The number of halogens is 1. The van der Waals surface area contributed by atoms with Crippen LogP contribution in [0.25, 0.3) is 0 Å². The zero-order valence-electron chi connectivity index (χ0n) is 10.5. The lowest BCUT2D eigenvalue weighted by molar-refractivity contribution is 0.375. The van der Waals surface area contributed by atoms with E-state index in [0.29, 0.717) is 22.6 Å². The SMILES string of the molecule is Cc1noc(CCNS(=O)(=O)c2cc(Br)cnc2N)n1. The molecule has 0 aliphatic heterocycles. The van der Waals surface area contributed by atoms with Gasteiger partial charge in [-0.05, 0) is 28.9 Å². The fraction of sp³-hybridized carbons (Fsp3) is 0.300. The summed E-state index contributed by atoms with van der Waals surface area (Å²) in [5, 5.41) is 3.62. The predicted octanol–water partition coefficient (Wildman–Crippen LogP) is 0.639. The van der Waals surface area contributed by atoms with Crippen LogP contribution in [0.15, 0.2) is 26.2 Å². The molecule has 0 amide bonds. The summed E-state index contributed by atoms with van der Waals surface area (Å²) in [6, 6.07) is 1.39. The Labute approximate surface area is 124 Å². The van der Waals surface area contributed by atoms with Crippen molar-refractivity contribution in [3.63, 3.8) is 0 Å². The van der Waals surface area contributed by atoms with E-state index >= 15 is 0 Å². The third-order valence-electron chi connectivity index (χ3n) is 2.34. The first-order valence-corrected chi connectivity index (χ1v) is 7.86. The van der Waals surface area contributed by atoms with Gasteiger partial charge >= 0.3 is 0 Å². The van der Waals surface area contributed by atoms with Gasteiger partial charge in [0.15, 0.2) is 5.82 Å². The molecule has 0 saturated heterocycles. The molecule has 0 saturated carbocycles. The van der Waals surface area contributed by atoms with Gasteiger partial charge in [0.1, 0.15) is 10.7 Å². The summed E-state index contributed by atoms with van der Waals surface area (Å²) in [7, 11) is -3.73. The number of rotatable bonds is 5. The van der Waals surface area contributed by atoms with Gasteiger partial charge in [-0.15, -0.1) is 0 Å². The molecule has 0 aliphatic carbocycles. The Morgan fingerprint density at radius 1 is 1.50 bits per heavy atom. The van der Waals surface area contributed by atoms with E-state index in [-0.39, 0.29) is 17.3 Å². The van der Waals surface area contributed by atoms with Gasteiger partial charge < -0.3 is 10.3 Å². The van der Waals surface area contributed by atoms with Crippen LogP contribution in [-0.4, -0.2) is 30.1 Å². The molecule has 0 unspecified atom stereocenters. The van der Waals surface area contributed by atoms with E-state index in [1.807, 2.05) is 0 Å². The number of aromatic nitrogens is 3. The highest BCUT2D eigenvalue weighted by atomic mass is 79.9. The fourth-order valence-electron chi connectivity index (χ4n) is 1.46. The maximum atomic E-state index is 12.1. The van der Waals surface area contributed by atoms with Crippen LogP contribution in [-0.2, 0) is 16.4 Å². The van der Waals surface area contributed by atoms with Crippen molar-refractivity contribution < 1.29 is 12.9 Å². The number of aryl methyl sites for hydroxylation is 1. The number of hydrogen-bond donors (Lipinski definition) is 2. The molecule has 0 spiro atoms. The first-order valence-electron chi connectivity index (χ1n) is 5.58. The maximum absolute atomic E-state index is 12.1. The van der Waals surface area contributed by atoms with Gasteiger partial charge in [-0.25, -0.2) is 18.1 Å². The van der Waals surface area contributed by atoms with Gasteiger partial charge in [0, 0.05) is 23.6 Å². The molecule has 10 heteroatoms. The second-order valence-electron chi connectivity index (χ2n) is 3.92. The van der Waals surface area contributed by atoms with Gasteiger partial charge in [0.25, 0.3) is 0 Å². The summed E-state index contributed by atoms with van der Waals surface area (Å²) < 4.78 is 32.0. The number of nitrogens with zero attached hydrogens (tertiary/aromatic N) is 3. The molecule has 2 aromatic heterocycles. The topological polar surface area (TPSA) is 124 Å². The summed E-state index contributed by atoms with van der Waals surface area (Å²) in [4.78, 5) is 7.69. The van der Waals surface area contributed by atoms with Crippen molar-refractivity contribution in [3.8, 4) is 0 Å². The predicted molar refractivity (Wildman–Crippen MR) is 74.3 cm³/mol. The van der Waals surface area contributed by atoms with E-state index in [1.165, 1.54) is 12.3 Å². The number of pyridine rings is 1. The molecule has 0 atom stereocenters. The summed E-state index contributed by atoms with van der Waals surface area (Å²) >= 11 is 3.15. The summed E-state index contributed by atoms with van der Waals surface area (Å²) in [6.07, 6.45) is 1.72. The van der Waals surface area contributed by atoms with Gasteiger partial charge in [0.2, 0.25) is 15.9 Å². The standard InChI is InChI=1S/C10H12BrN5O3S/c1-6-15-9(19-16-6)2-3-14-20(17,18)8-4-7(11)5-13-10(8)12/h4-5,14H,2-3H2,1H3,(H2,12,13). The van der Waals surface area contributed by atoms with E-state index in [9.17, 15) is 8.42 Å². The highest BCUT2D eigenvalue weighted by Crippen LogP contribution is 2.20. The van der Waals surface area contributed by atoms with Crippen molar-refractivity contribution >= 4 is 31.8 Å². The molecule has 0 radical (unpaired) electrons. The molecule has 8 nitrogen and oxygen atoms in total. The van der Waals surface area contributed by atoms with Crippen molar-refractivity contribution in [3.05, 3.63) is 28.5 Å². The molecule has 0 aromatic carbocycles. The van der Waals surface area contributed by atoms with E-state index in [1.54, 1.807) is 6.92 Å². The molecule has 20 heavy (non-hydrogen) atoms. The van der Waals surface area contributed by atoms with Gasteiger partial charge in [-0.2, -0.15) is 4.98 Å². The first kappa shape index (κ1) is 14.9. The Bertz CT molecular complexity index is 715. The number of nitrogens with two attached hydrogens (primary N) is 1. The molecule has 108 valence electrons. The van der Waals surface area contributed by atoms with Gasteiger partial charge in [-0.1, -0.05) is 5.16 Å². The Hall–Kier alpha value is -1.52. The van der Waals surface area contributed by atoms with Crippen molar-refractivity contribution in [1.82, 2.24) is 19.8 Å².